The van der Waals surface area contributed by atoms with Crippen molar-refractivity contribution in [3.05, 3.63) is 18.0 Å². The van der Waals surface area contributed by atoms with E-state index in [0.717, 1.165) is 25.3 Å². The summed E-state index contributed by atoms with van der Waals surface area (Å²) in [6.07, 6.45) is 1.81. The van der Waals surface area contributed by atoms with Crippen LogP contribution in [-0.4, -0.2) is 45.0 Å². The van der Waals surface area contributed by atoms with Crippen LogP contribution in [0, 0.1) is 0 Å². The maximum Gasteiger partial charge on any atom is 0.0558 e. The molecule has 1 rings (SSSR count). The molecule has 0 bridgehead atoms. The van der Waals surface area contributed by atoms with Crippen LogP contribution in [0.15, 0.2) is 12.3 Å². The lowest BCUT2D eigenvalue weighted by molar-refractivity contribution is 0.163. The van der Waals surface area contributed by atoms with Gasteiger partial charge in [0.15, 0.2) is 0 Å². The fourth-order valence-electron chi connectivity index (χ4n) is 1.94. The number of nitrogens with zero attached hydrogens (tertiary/aromatic N) is 3. The first kappa shape index (κ1) is 17.4. The summed E-state index contributed by atoms with van der Waals surface area (Å²) in [5.74, 6) is 0. The van der Waals surface area contributed by atoms with Gasteiger partial charge in [-0.15, -0.1) is 12.4 Å². The van der Waals surface area contributed by atoms with Gasteiger partial charge in [0.05, 0.1) is 12.3 Å². The molecule has 0 fully saturated rings. The maximum atomic E-state index is 9.08. The molecule has 1 heterocycles. The standard InChI is InChI=1S/C12H24N4O.ClH/c1-4-16-11(5-6-14-16)9-15(7-8-17)10-12(2,3)13;/h5-6,17H,4,7-10,13H2,1-3H3;1H. The SMILES string of the molecule is CCn1nccc1CN(CCO)CC(C)(C)N.Cl. The van der Waals surface area contributed by atoms with Crippen LogP contribution in [0.1, 0.15) is 26.5 Å². The lowest BCUT2D eigenvalue weighted by Gasteiger charge is -2.29. The Morgan fingerprint density at radius 3 is 2.67 bits per heavy atom. The van der Waals surface area contributed by atoms with Crippen molar-refractivity contribution >= 4 is 12.4 Å². The van der Waals surface area contributed by atoms with E-state index in [-0.39, 0.29) is 24.6 Å². The molecule has 0 aliphatic rings. The summed E-state index contributed by atoms with van der Waals surface area (Å²) < 4.78 is 1.97. The molecular formula is C12H25ClN4O. The maximum absolute atomic E-state index is 9.08. The largest absolute Gasteiger partial charge is 0.395 e. The molecule has 6 heteroatoms. The van der Waals surface area contributed by atoms with Crippen molar-refractivity contribution in [3.8, 4) is 0 Å². The molecule has 0 aromatic carbocycles. The van der Waals surface area contributed by atoms with Crippen molar-refractivity contribution in [2.45, 2.75) is 39.4 Å². The number of halogens is 1. The summed E-state index contributed by atoms with van der Waals surface area (Å²) in [6.45, 7) is 9.23. The minimum atomic E-state index is -0.258. The normalized spacial score (nSPS) is 11.7. The van der Waals surface area contributed by atoms with Gasteiger partial charge in [-0.2, -0.15) is 5.10 Å². The highest BCUT2D eigenvalue weighted by atomic mass is 35.5. The molecule has 18 heavy (non-hydrogen) atoms. The third kappa shape index (κ3) is 5.82. The molecule has 0 atom stereocenters. The number of aryl methyl sites for hydroxylation is 1. The van der Waals surface area contributed by atoms with E-state index in [1.807, 2.05) is 30.8 Å². The Balaban J connectivity index is 0.00000289. The van der Waals surface area contributed by atoms with Crippen LogP contribution in [0.5, 0.6) is 0 Å². The number of aromatic nitrogens is 2. The van der Waals surface area contributed by atoms with E-state index in [9.17, 15) is 0 Å². The minimum absolute atomic E-state index is 0. The molecule has 0 saturated heterocycles. The average Bonchev–Trinajstić information content (AvgIpc) is 2.63. The van der Waals surface area contributed by atoms with Crippen LogP contribution in [0.4, 0.5) is 0 Å². The lowest BCUT2D eigenvalue weighted by Crippen LogP contribution is -2.46. The molecular weight excluding hydrogens is 252 g/mol. The smallest absolute Gasteiger partial charge is 0.0558 e. The summed E-state index contributed by atoms with van der Waals surface area (Å²) in [5, 5.41) is 13.3. The highest BCUT2D eigenvalue weighted by Crippen LogP contribution is 2.08. The van der Waals surface area contributed by atoms with Crippen LogP contribution in [0.3, 0.4) is 0 Å². The Kier molecular flexibility index (Phi) is 7.47. The van der Waals surface area contributed by atoms with E-state index >= 15 is 0 Å². The highest BCUT2D eigenvalue weighted by molar-refractivity contribution is 5.85. The lowest BCUT2D eigenvalue weighted by atomic mass is 10.1. The number of nitrogens with two attached hydrogens (primary N) is 1. The number of aliphatic hydroxyl groups excluding tert-OH is 1. The molecule has 1 aromatic rings. The monoisotopic (exact) mass is 276 g/mol. The summed E-state index contributed by atoms with van der Waals surface area (Å²) in [5.41, 5.74) is 6.92. The van der Waals surface area contributed by atoms with Gasteiger partial charge >= 0.3 is 0 Å². The van der Waals surface area contributed by atoms with E-state index < -0.39 is 0 Å². The quantitative estimate of drug-likeness (QED) is 0.775. The molecule has 1 aromatic heterocycles. The number of hydrogen-bond donors (Lipinski definition) is 2. The van der Waals surface area contributed by atoms with Gasteiger partial charge in [0.1, 0.15) is 0 Å². The van der Waals surface area contributed by atoms with Crippen LogP contribution in [0.2, 0.25) is 0 Å². The summed E-state index contributed by atoms with van der Waals surface area (Å²) in [6, 6.07) is 2.01. The van der Waals surface area contributed by atoms with Crippen LogP contribution in [-0.2, 0) is 13.1 Å². The molecule has 0 aliphatic heterocycles. The van der Waals surface area contributed by atoms with Crippen molar-refractivity contribution in [1.29, 1.82) is 0 Å². The van der Waals surface area contributed by atoms with Crippen molar-refractivity contribution in [1.82, 2.24) is 14.7 Å². The molecule has 0 unspecified atom stereocenters. The summed E-state index contributed by atoms with van der Waals surface area (Å²) in [4.78, 5) is 2.16. The van der Waals surface area contributed by atoms with E-state index in [2.05, 4.69) is 16.9 Å². The predicted octanol–water partition coefficient (Wildman–Crippen LogP) is 0.856. The van der Waals surface area contributed by atoms with Gasteiger partial charge in [0.2, 0.25) is 0 Å². The van der Waals surface area contributed by atoms with Gasteiger partial charge in [-0.3, -0.25) is 9.58 Å². The summed E-state index contributed by atoms with van der Waals surface area (Å²) >= 11 is 0. The predicted molar refractivity (Wildman–Crippen MR) is 75.8 cm³/mol. The topological polar surface area (TPSA) is 67.3 Å². The van der Waals surface area contributed by atoms with Crippen LogP contribution >= 0.6 is 12.4 Å². The highest BCUT2D eigenvalue weighted by Gasteiger charge is 2.17. The second-order valence-electron chi connectivity index (χ2n) is 5.06. The molecule has 0 saturated carbocycles. The molecule has 3 N–H and O–H groups in total. The fourth-order valence-corrected chi connectivity index (χ4v) is 1.94. The fraction of sp³-hybridized carbons (Fsp3) is 0.750. The van der Waals surface area contributed by atoms with Gasteiger partial charge in [-0.1, -0.05) is 0 Å². The van der Waals surface area contributed by atoms with Crippen molar-refractivity contribution < 1.29 is 5.11 Å². The summed E-state index contributed by atoms with van der Waals surface area (Å²) in [7, 11) is 0. The second-order valence-corrected chi connectivity index (χ2v) is 5.06. The van der Waals surface area contributed by atoms with Gasteiger partial charge in [-0.25, -0.2) is 0 Å². The van der Waals surface area contributed by atoms with Crippen molar-refractivity contribution in [3.63, 3.8) is 0 Å². The zero-order valence-corrected chi connectivity index (χ0v) is 12.3. The van der Waals surface area contributed by atoms with Gasteiger partial charge in [0, 0.05) is 37.9 Å². The Hall–Kier alpha value is -0.620. The third-order valence-electron chi connectivity index (χ3n) is 2.54. The van der Waals surface area contributed by atoms with E-state index in [1.165, 1.54) is 0 Å². The van der Waals surface area contributed by atoms with Gasteiger partial charge in [-0.05, 0) is 26.8 Å². The minimum Gasteiger partial charge on any atom is -0.395 e. The Morgan fingerprint density at radius 1 is 1.50 bits per heavy atom. The first-order chi connectivity index (χ1) is 7.96. The number of hydrogen-bond acceptors (Lipinski definition) is 4. The Morgan fingerprint density at radius 2 is 2.17 bits per heavy atom. The van der Waals surface area contributed by atoms with E-state index in [1.54, 1.807) is 0 Å². The second kappa shape index (κ2) is 7.74. The number of aliphatic hydroxyl groups is 1. The first-order valence-corrected chi connectivity index (χ1v) is 6.09. The number of rotatable bonds is 7. The van der Waals surface area contributed by atoms with E-state index in [4.69, 9.17) is 10.8 Å². The van der Waals surface area contributed by atoms with Crippen LogP contribution < -0.4 is 5.73 Å². The molecule has 0 amide bonds. The van der Waals surface area contributed by atoms with Gasteiger partial charge < -0.3 is 10.8 Å². The van der Waals surface area contributed by atoms with Crippen molar-refractivity contribution in [2.75, 3.05) is 19.7 Å². The average molecular weight is 277 g/mol. The molecule has 0 aliphatic carbocycles. The third-order valence-corrected chi connectivity index (χ3v) is 2.54. The zero-order valence-electron chi connectivity index (χ0n) is 11.5. The Labute approximate surface area is 115 Å². The first-order valence-electron chi connectivity index (χ1n) is 6.09. The molecule has 0 spiro atoms. The van der Waals surface area contributed by atoms with Crippen molar-refractivity contribution in [2.24, 2.45) is 5.73 Å². The van der Waals surface area contributed by atoms with E-state index in [0.29, 0.717) is 6.54 Å². The van der Waals surface area contributed by atoms with Gasteiger partial charge in [0.25, 0.3) is 0 Å². The molecule has 106 valence electrons. The molecule has 0 radical (unpaired) electrons. The van der Waals surface area contributed by atoms with Crippen LogP contribution in [0.25, 0.3) is 0 Å². The Bertz CT molecular complexity index is 335. The molecule has 5 nitrogen and oxygen atoms in total. The zero-order chi connectivity index (χ0) is 12.9.